The SMILES string of the molecule is CC(C)(C)C.CCC(CC)C(CCCCOCc1ccccc1)OC. The van der Waals surface area contributed by atoms with Gasteiger partial charge in [-0.05, 0) is 36.2 Å². The molecular weight excluding hydrogens is 308 g/mol. The fourth-order valence-corrected chi connectivity index (χ4v) is 2.67. The van der Waals surface area contributed by atoms with E-state index < -0.39 is 0 Å². The van der Waals surface area contributed by atoms with Gasteiger partial charge in [0.1, 0.15) is 0 Å². The van der Waals surface area contributed by atoms with Gasteiger partial charge in [0.15, 0.2) is 0 Å². The van der Waals surface area contributed by atoms with E-state index in [2.05, 4.69) is 65.8 Å². The van der Waals surface area contributed by atoms with Gasteiger partial charge in [-0.3, -0.25) is 0 Å². The molecule has 0 amide bonds. The summed E-state index contributed by atoms with van der Waals surface area (Å²) < 4.78 is 11.3. The molecule has 0 N–H and O–H groups in total. The number of methoxy groups -OCH3 is 1. The highest BCUT2D eigenvalue weighted by molar-refractivity contribution is 5.13. The van der Waals surface area contributed by atoms with Crippen LogP contribution in [0, 0.1) is 11.3 Å². The molecule has 0 bridgehead atoms. The Morgan fingerprint density at radius 1 is 0.920 bits per heavy atom. The average Bonchev–Trinajstić information content (AvgIpc) is 2.56. The van der Waals surface area contributed by atoms with Crippen LogP contribution in [0.25, 0.3) is 0 Å². The normalized spacial score (nSPS) is 12.6. The fourth-order valence-electron chi connectivity index (χ4n) is 2.67. The molecule has 2 nitrogen and oxygen atoms in total. The maximum atomic E-state index is 5.71. The monoisotopic (exact) mass is 350 g/mol. The van der Waals surface area contributed by atoms with Crippen molar-refractivity contribution in [3.8, 4) is 0 Å². The maximum absolute atomic E-state index is 5.71. The molecule has 0 aromatic heterocycles. The molecular formula is C23H42O2. The molecule has 1 aromatic rings. The van der Waals surface area contributed by atoms with Crippen LogP contribution in [0.1, 0.15) is 79.2 Å². The molecule has 0 radical (unpaired) electrons. The Morgan fingerprint density at radius 3 is 1.96 bits per heavy atom. The Labute approximate surface area is 157 Å². The van der Waals surface area contributed by atoms with Gasteiger partial charge in [0.25, 0.3) is 0 Å². The minimum Gasteiger partial charge on any atom is -0.381 e. The predicted molar refractivity (Wildman–Crippen MR) is 110 cm³/mol. The highest BCUT2D eigenvalue weighted by Gasteiger charge is 2.16. The molecule has 0 saturated carbocycles. The molecule has 1 aromatic carbocycles. The number of hydrogen-bond donors (Lipinski definition) is 0. The van der Waals surface area contributed by atoms with Crippen molar-refractivity contribution >= 4 is 0 Å². The van der Waals surface area contributed by atoms with Crippen LogP contribution in [-0.4, -0.2) is 19.8 Å². The lowest BCUT2D eigenvalue weighted by Gasteiger charge is -2.23. The van der Waals surface area contributed by atoms with Crippen LogP contribution in [-0.2, 0) is 16.1 Å². The van der Waals surface area contributed by atoms with Gasteiger partial charge in [0.05, 0.1) is 12.7 Å². The van der Waals surface area contributed by atoms with Crippen LogP contribution in [0.15, 0.2) is 30.3 Å². The minimum atomic E-state index is 0.416. The smallest absolute Gasteiger partial charge is 0.0716 e. The van der Waals surface area contributed by atoms with Crippen molar-refractivity contribution < 1.29 is 9.47 Å². The van der Waals surface area contributed by atoms with Crippen molar-refractivity contribution in [1.29, 1.82) is 0 Å². The molecule has 2 heteroatoms. The first-order chi connectivity index (χ1) is 11.8. The van der Waals surface area contributed by atoms with Crippen LogP contribution < -0.4 is 0 Å². The number of unbranched alkanes of at least 4 members (excludes halogenated alkanes) is 1. The van der Waals surface area contributed by atoms with Crippen LogP contribution in [0.3, 0.4) is 0 Å². The second kappa shape index (κ2) is 14.3. The molecule has 1 rings (SSSR count). The molecule has 1 unspecified atom stereocenters. The Hall–Kier alpha value is -0.860. The van der Waals surface area contributed by atoms with E-state index in [4.69, 9.17) is 9.47 Å². The Balaban J connectivity index is 0.00000101. The molecule has 146 valence electrons. The molecule has 0 aliphatic heterocycles. The van der Waals surface area contributed by atoms with E-state index in [1.807, 2.05) is 13.2 Å². The third-order valence-electron chi connectivity index (χ3n) is 4.02. The molecule has 0 spiro atoms. The fraction of sp³-hybridized carbons (Fsp3) is 0.739. The van der Waals surface area contributed by atoms with Crippen molar-refractivity contribution in [2.75, 3.05) is 13.7 Å². The number of rotatable bonds is 11. The van der Waals surface area contributed by atoms with Gasteiger partial charge in [-0.15, -0.1) is 0 Å². The summed E-state index contributed by atoms with van der Waals surface area (Å²) in [6.07, 6.45) is 6.28. The van der Waals surface area contributed by atoms with E-state index in [1.165, 1.54) is 24.8 Å². The summed E-state index contributed by atoms with van der Waals surface area (Å²) in [5, 5.41) is 0. The highest BCUT2D eigenvalue weighted by Crippen LogP contribution is 2.20. The van der Waals surface area contributed by atoms with Crippen molar-refractivity contribution in [2.24, 2.45) is 11.3 Å². The van der Waals surface area contributed by atoms with Gasteiger partial charge in [0.2, 0.25) is 0 Å². The molecule has 0 aliphatic rings. The highest BCUT2D eigenvalue weighted by atomic mass is 16.5. The zero-order valence-electron chi connectivity index (χ0n) is 17.8. The molecule has 1 atom stereocenters. The first-order valence-corrected chi connectivity index (χ1v) is 9.96. The summed E-state index contributed by atoms with van der Waals surface area (Å²) in [5.41, 5.74) is 1.75. The molecule has 25 heavy (non-hydrogen) atoms. The van der Waals surface area contributed by atoms with E-state index in [0.29, 0.717) is 17.4 Å². The first-order valence-electron chi connectivity index (χ1n) is 9.96. The molecule has 0 fully saturated rings. The standard InChI is InChI=1S/C18H30O2.C5H12/c1-4-17(5-2)18(19-3)13-9-10-14-20-15-16-11-7-6-8-12-16;1-5(2,3)4/h6-8,11-12,17-18H,4-5,9-10,13-15H2,1-3H3;1-4H3. The van der Waals surface area contributed by atoms with E-state index in [-0.39, 0.29) is 0 Å². The van der Waals surface area contributed by atoms with Crippen LogP contribution in [0.5, 0.6) is 0 Å². The summed E-state index contributed by atoms with van der Waals surface area (Å²) in [4.78, 5) is 0. The van der Waals surface area contributed by atoms with Crippen molar-refractivity contribution in [3.05, 3.63) is 35.9 Å². The summed E-state index contributed by atoms with van der Waals surface area (Å²) in [5.74, 6) is 0.699. The summed E-state index contributed by atoms with van der Waals surface area (Å²) >= 11 is 0. The van der Waals surface area contributed by atoms with Gasteiger partial charge in [0, 0.05) is 13.7 Å². The number of benzene rings is 1. The zero-order chi connectivity index (χ0) is 19.1. The zero-order valence-corrected chi connectivity index (χ0v) is 17.8. The predicted octanol–water partition coefficient (Wildman–Crippen LogP) is 6.88. The van der Waals surface area contributed by atoms with E-state index in [9.17, 15) is 0 Å². The van der Waals surface area contributed by atoms with Crippen LogP contribution in [0.2, 0.25) is 0 Å². The van der Waals surface area contributed by atoms with Crippen molar-refractivity contribution in [1.82, 2.24) is 0 Å². The summed E-state index contributed by atoms with van der Waals surface area (Å²) in [6, 6.07) is 10.4. The number of ether oxygens (including phenoxy) is 2. The van der Waals surface area contributed by atoms with E-state index in [0.717, 1.165) is 26.1 Å². The Bertz CT molecular complexity index is 384. The molecule has 0 saturated heterocycles. The second-order valence-electron chi connectivity index (χ2n) is 8.38. The molecule has 0 heterocycles. The quantitative estimate of drug-likeness (QED) is 0.405. The summed E-state index contributed by atoms with van der Waals surface area (Å²) in [6.45, 7) is 14.8. The first kappa shape index (κ1) is 24.1. The van der Waals surface area contributed by atoms with Gasteiger partial charge in [-0.1, -0.05) is 84.7 Å². The minimum absolute atomic E-state index is 0.416. The van der Waals surface area contributed by atoms with E-state index in [1.54, 1.807) is 0 Å². The third kappa shape index (κ3) is 15.1. The van der Waals surface area contributed by atoms with E-state index >= 15 is 0 Å². The lowest BCUT2D eigenvalue weighted by Crippen LogP contribution is -2.21. The average molecular weight is 351 g/mol. The largest absolute Gasteiger partial charge is 0.381 e. The van der Waals surface area contributed by atoms with Crippen molar-refractivity contribution in [3.63, 3.8) is 0 Å². The van der Waals surface area contributed by atoms with Gasteiger partial charge >= 0.3 is 0 Å². The lowest BCUT2D eigenvalue weighted by atomic mass is 9.93. The third-order valence-corrected chi connectivity index (χ3v) is 4.02. The topological polar surface area (TPSA) is 18.5 Å². The van der Waals surface area contributed by atoms with Crippen LogP contribution >= 0.6 is 0 Å². The van der Waals surface area contributed by atoms with Gasteiger partial charge < -0.3 is 9.47 Å². The van der Waals surface area contributed by atoms with Gasteiger partial charge in [-0.25, -0.2) is 0 Å². The van der Waals surface area contributed by atoms with Crippen LogP contribution in [0.4, 0.5) is 0 Å². The molecule has 0 aliphatic carbocycles. The van der Waals surface area contributed by atoms with Gasteiger partial charge in [-0.2, -0.15) is 0 Å². The second-order valence-corrected chi connectivity index (χ2v) is 8.38. The Kier molecular flexibility index (Phi) is 13.8. The lowest BCUT2D eigenvalue weighted by molar-refractivity contribution is 0.0371. The van der Waals surface area contributed by atoms with Crippen molar-refractivity contribution in [2.45, 2.75) is 86.4 Å². The Morgan fingerprint density at radius 2 is 1.48 bits per heavy atom. The summed E-state index contributed by atoms with van der Waals surface area (Å²) in [7, 11) is 1.84. The maximum Gasteiger partial charge on any atom is 0.0716 e. The number of hydrogen-bond acceptors (Lipinski definition) is 2.